The van der Waals surface area contributed by atoms with Gasteiger partial charge in [0.15, 0.2) is 5.69 Å². The lowest BCUT2D eigenvalue weighted by Crippen LogP contribution is -2.22. The van der Waals surface area contributed by atoms with Crippen molar-refractivity contribution in [2.24, 2.45) is 0 Å². The Kier molecular flexibility index (Phi) is 3.86. The van der Waals surface area contributed by atoms with Crippen LogP contribution in [0.15, 0.2) is 53.3 Å². The molecule has 0 unspecified atom stereocenters. The maximum atomic E-state index is 12.0. The number of benzene rings is 1. The number of rotatable bonds is 5. The van der Waals surface area contributed by atoms with Gasteiger partial charge in [0.1, 0.15) is 11.5 Å². The van der Waals surface area contributed by atoms with E-state index >= 15 is 0 Å². The molecule has 1 aromatic carbocycles. The highest BCUT2D eigenvalue weighted by Gasteiger charge is 2.11. The minimum atomic E-state index is -0.309. The van der Waals surface area contributed by atoms with E-state index in [1.807, 2.05) is 24.3 Å². The molecule has 0 radical (unpaired) electrons. The third-order valence-electron chi connectivity index (χ3n) is 3.07. The molecular weight excluding hydrogens is 284 g/mol. The Morgan fingerprint density at radius 1 is 1.32 bits per heavy atom. The fourth-order valence-electron chi connectivity index (χ4n) is 1.90. The Hall–Kier alpha value is -3.09. The monoisotopic (exact) mass is 298 g/mol. The van der Waals surface area contributed by atoms with Gasteiger partial charge in [0, 0.05) is 0 Å². The lowest BCUT2D eigenvalue weighted by atomic mass is 10.3. The van der Waals surface area contributed by atoms with E-state index in [1.54, 1.807) is 31.7 Å². The van der Waals surface area contributed by atoms with Crippen LogP contribution in [0.4, 0.5) is 0 Å². The van der Waals surface area contributed by atoms with Crippen LogP contribution >= 0.6 is 0 Å². The van der Waals surface area contributed by atoms with Crippen molar-refractivity contribution in [3.05, 3.63) is 60.3 Å². The molecule has 2 heterocycles. The Morgan fingerprint density at radius 2 is 2.14 bits per heavy atom. The first-order valence-electron chi connectivity index (χ1n) is 6.63. The van der Waals surface area contributed by atoms with Crippen molar-refractivity contribution in [3.8, 4) is 11.4 Å². The number of aromatic nitrogens is 3. The lowest BCUT2D eigenvalue weighted by molar-refractivity contribution is 0.0943. The first-order chi connectivity index (χ1) is 10.8. The van der Waals surface area contributed by atoms with Crippen molar-refractivity contribution in [2.75, 3.05) is 7.11 Å². The van der Waals surface area contributed by atoms with Gasteiger partial charge in [0.2, 0.25) is 0 Å². The van der Waals surface area contributed by atoms with Crippen LogP contribution in [0.5, 0.6) is 5.75 Å². The SMILES string of the molecule is COc1ccc(-n2cc(C(=O)NCc3ccco3)nn2)cc1. The number of nitrogens with zero attached hydrogens (tertiary/aromatic N) is 3. The second kappa shape index (κ2) is 6.13. The second-order valence-electron chi connectivity index (χ2n) is 4.51. The second-order valence-corrected chi connectivity index (χ2v) is 4.51. The predicted molar refractivity (Wildman–Crippen MR) is 77.8 cm³/mol. The Bertz CT molecular complexity index is 747. The average Bonchev–Trinajstić information content (AvgIpc) is 3.24. The topological polar surface area (TPSA) is 82.2 Å². The first-order valence-corrected chi connectivity index (χ1v) is 6.63. The lowest BCUT2D eigenvalue weighted by Gasteiger charge is -2.02. The molecular formula is C15H14N4O3. The zero-order valence-electron chi connectivity index (χ0n) is 11.9. The van der Waals surface area contributed by atoms with Crippen molar-refractivity contribution in [2.45, 2.75) is 6.54 Å². The molecule has 0 spiro atoms. The van der Waals surface area contributed by atoms with E-state index in [1.165, 1.54) is 4.68 Å². The van der Waals surface area contributed by atoms with Gasteiger partial charge in [-0.25, -0.2) is 4.68 Å². The summed E-state index contributed by atoms with van der Waals surface area (Å²) >= 11 is 0. The summed E-state index contributed by atoms with van der Waals surface area (Å²) in [5, 5.41) is 10.5. The van der Waals surface area contributed by atoms with Gasteiger partial charge in [-0.15, -0.1) is 5.10 Å². The van der Waals surface area contributed by atoms with E-state index in [-0.39, 0.29) is 11.6 Å². The number of amides is 1. The predicted octanol–water partition coefficient (Wildman–Crippen LogP) is 1.80. The summed E-state index contributed by atoms with van der Waals surface area (Å²) in [5.74, 6) is 1.12. The molecule has 3 rings (SSSR count). The summed E-state index contributed by atoms with van der Waals surface area (Å²) in [4.78, 5) is 12.0. The fraction of sp³-hybridized carbons (Fsp3) is 0.133. The van der Waals surface area contributed by atoms with Gasteiger partial charge in [0.05, 0.1) is 31.8 Å². The van der Waals surface area contributed by atoms with Gasteiger partial charge in [-0.05, 0) is 36.4 Å². The zero-order valence-corrected chi connectivity index (χ0v) is 11.9. The molecule has 3 aromatic rings. The third kappa shape index (κ3) is 2.98. The molecule has 112 valence electrons. The molecule has 0 aliphatic heterocycles. The Labute approximate surface area is 126 Å². The van der Waals surface area contributed by atoms with Crippen molar-refractivity contribution >= 4 is 5.91 Å². The number of nitrogens with one attached hydrogen (secondary N) is 1. The Balaban J connectivity index is 1.68. The van der Waals surface area contributed by atoms with Gasteiger partial charge in [-0.1, -0.05) is 5.21 Å². The minimum absolute atomic E-state index is 0.238. The largest absolute Gasteiger partial charge is 0.497 e. The molecule has 1 N–H and O–H groups in total. The normalized spacial score (nSPS) is 10.4. The third-order valence-corrected chi connectivity index (χ3v) is 3.07. The van der Waals surface area contributed by atoms with Crippen molar-refractivity contribution in [1.29, 1.82) is 0 Å². The molecule has 0 aliphatic rings. The van der Waals surface area contributed by atoms with Crippen LogP contribution in [0.3, 0.4) is 0 Å². The average molecular weight is 298 g/mol. The van der Waals surface area contributed by atoms with E-state index in [4.69, 9.17) is 9.15 Å². The summed E-state index contributed by atoms with van der Waals surface area (Å²) in [5.41, 5.74) is 1.03. The molecule has 7 heteroatoms. The van der Waals surface area contributed by atoms with Crippen LogP contribution in [-0.2, 0) is 6.54 Å². The van der Waals surface area contributed by atoms with Crippen LogP contribution < -0.4 is 10.1 Å². The maximum Gasteiger partial charge on any atom is 0.273 e. The molecule has 22 heavy (non-hydrogen) atoms. The smallest absolute Gasteiger partial charge is 0.273 e. The van der Waals surface area contributed by atoms with Crippen LogP contribution in [0.2, 0.25) is 0 Å². The first kappa shape index (κ1) is 13.9. The van der Waals surface area contributed by atoms with Crippen molar-refractivity contribution in [1.82, 2.24) is 20.3 Å². The number of hydrogen-bond donors (Lipinski definition) is 1. The van der Waals surface area contributed by atoms with E-state index in [2.05, 4.69) is 15.6 Å². The van der Waals surface area contributed by atoms with E-state index in [0.717, 1.165) is 11.4 Å². The highest BCUT2D eigenvalue weighted by atomic mass is 16.5. The number of ether oxygens (including phenoxy) is 1. The van der Waals surface area contributed by atoms with Gasteiger partial charge < -0.3 is 14.5 Å². The molecule has 0 atom stereocenters. The van der Waals surface area contributed by atoms with Crippen LogP contribution in [0.1, 0.15) is 16.2 Å². The van der Waals surface area contributed by atoms with E-state index in [0.29, 0.717) is 12.3 Å². The maximum absolute atomic E-state index is 12.0. The molecule has 0 saturated heterocycles. The van der Waals surface area contributed by atoms with Crippen molar-refractivity contribution in [3.63, 3.8) is 0 Å². The zero-order chi connectivity index (χ0) is 15.4. The van der Waals surface area contributed by atoms with Crippen molar-refractivity contribution < 1.29 is 13.9 Å². The van der Waals surface area contributed by atoms with Crippen LogP contribution in [0.25, 0.3) is 5.69 Å². The summed E-state index contributed by atoms with van der Waals surface area (Å²) < 4.78 is 11.8. The molecule has 0 saturated carbocycles. The minimum Gasteiger partial charge on any atom is -0.497 e. The number of furan rings is 1. The van der Waals surface area contributed by atoms with Gasteiger partial charge in [-0.2, -0.15) is 0 Å². The molecule has 0 aliphatic carbocycles. The number of carbonyl (C=O) groups excluding carboxylic acids is 1. The van der Waals surface area contributed by atoms with E-state index < -0.39 is 0 Å². The summed E-state index contributed by atoms with van der Waals surface area (Å²) in [6, 6.07) is 10.8. The quantitative estimate of drug-likeness (QED) is 0.776. The summed E-state index contributed by atoms with van der Waals surface area (Å²) in [6.45, 7) is 0.307. The highest BCUT2D eigenvalue weighted by molar-refractivity contribution is 5.91. The Morgan fingerprint density at radius 3 is 2.82 bits per heavy atom. The molecule has 2 aromatic heterocycles. The summed E-state index contributed by atoms with van der Waals surface area (Å²) in [7, 11) is 1.60. The number of methoxy groups -OCH3 is 1. The van der Waals surface area contributed by atoms with E-state index in [9.17, 15) is 4.79 Å². The van der Waals surface area contributed by atoms with Gasteiger partial charge >= 0.3 is 0 Å². The molecule has 0 bridgehead atoms. The highest BCUT2D eigenvalue weighted by Crippen LogP contribution is 2.14. The number of carbonyl (C=O) groups is 1. The molecule has 1 amide bonds. The fourth-order valence-corrected chi connectivity index (χ4v) is 1.90. The standard InChI is InChI=1S/C15H14N4O3/c1-21-12-6-4-11(5-7-12)19-10-14(17-18-19)15(20)16-9-13-3-2-8-22-13/h2-8,10H,9H2,1H3,(H,16,20). The van der Waals surface area contributed by atoms with Crippen LogP contribution in [-0.4, -0.2) is 28.0 Å². The molecule has 7 nitrogen and oxygen atoms in total. The van der Waals surface area contributed by atoms with Gasteiger partial charge in [0.25, 0.3) is 5.91 Å². The van der Waals surface area contributed by atoms with Crippen LogP contribution in [0, 0.1) is 0 Å². The number of hydrogen-bond acceptors (Lipinski definition) is 5. The summed E-state index contributed by atoms with van der Waals surface area (Å²) in [6.07, 6.45) is 3.13. The molecule has 0 fully saturated rings. The van der Waals surface area contributed by atoms with Gasteiger partial charge in [-0.3, -0.25) is 4.79 Å².